The maximum absolute atomic E-state index is 9.06. The fourth-order valence-corrected chi connectivity index (χ4v) is 3.79. The smallest absolute Gasteiger partial charge is 0.151 e. The Morgan fingerprint density at radius 1 is 1.50 bits per heavy atom. The van der Waals surface area contributed by atoms with Crippen molar-refractivity contribution in [1.82, 2.24) is 10.3 Å². The highest BCUT2D eigenvalue weighted by Crippen LogP contribution is 2.30. The molecule has 0 radical (unpaired) electrons. The first-order valence-corrected chi connectivity index (χ1v) is 7.55. The van der Waals surface area contributed by atoms with Gasteiger partial charge in [0.2, 0.25) is 0 Å². The van der Waals surface area contributed by atoms with Gasteiger partial charge in [-0.1, -0.05) is 23.9 Å². The summed E-state index contributed by atoms with van der Waals surface area (Å²) in [5.41, 5.74) is 0.616. The molecule has 2 rings (SSSR count). The molecule has 0 fully saturated rings. The maximum Gasteiger partial charge on any atom is 0.151 e. The Morgan fingerprint density at radius 3 is 2.94 bits per heavy atom. The lowest BCUT2D eigenvalue weighted by molar-refractivity contribution is 0.480. The number of para-hydroxylation sites is 1. The van der Waals surface area contributed by atoms with Gasteiger partial charge in [0.1, 0.15) is 5.54 Å². The van der Waals surface area contributed by atoms with Gasteiger partial charge >= 0.3 is 0 Å². The van der Waals surface area contributed by atoms with Crippen molar-refractivity contribution in [1.29, 1.82) is 5.26 Å². The van der Waals surface area contributed by atoms with Crippen LogP contribution in [-0.2, 0) is 0 Å². The fraction of sp³-hybridized carbons (Fsp3) is 0.385. The average Bonchev–Trinajstić information content (AvgIpc) is 2.81. The van der Waals surface area contributed by atoms with Crippen LogP contribution in [0.15, 0.2) is 28.6 Å². The number of nitrogens with one attached hydrogen (secondary N) is 1. The summed E-state index contributed by atoms with van der Waals surface area (Å²) in [4.78, 5) is 4.56. The molecule has 0 bridgehead atoms. The van der Waals surface area contributed by atoms with E-state index in [1.165, 1.54) is 4.70 Å². The normalized spacial score (nSPS) is 14.3. The van der Waals surface area contributed by atoms with E-state index in [1.54, 1.807) is 23.1 Å². The topological polar surface area (TPSA) is 48.7 Å². The zero-order valence-electron chi connectivity index (χ0n) is 10.4. The molecule has 5 heteroatoms. The predicted molar refractivity (Wildman–Crippen MR) is 78.0 cm³/mol. The molecule has 0 aliphatic heterocycles. The van der Waals surface area contributed by atoms with Crippen molar-refractivity contribution in [2.24, 2.45) is 0 Å². The Balaban J connectivity index is 1.97. The van der Waals surface area contributed by atoms with Gasteiger partial charge in [0.05, 0.1) is 16.3 Å². The lowest BCUT2D eigenvalue weighted by atomic mass is 10.0. The van der Waals surface area contributed by atoms with E-state index in [0.29, 0.717) is 0 Å². The molecule has 0 saturated carbocycles. The molecule has 1 atom stereocenters. The first-order chi connectivity index (χ1) is 8.67. The van der Waals surface area contributed by atoms with Crippen LogP contribution in [-0.4, -0.2) is 23.3 Å². The summed E-state index contributed by atoms with van der Waals surface area (Å²) in [7, 11) is 1.82. The molecule has 2 aromatic rings. The molecule has 1 unspecified atom stereocenters. The Bertz CT molecular complexity index is 540. The van der Waals surface area contributed by atoms with Crippen molar-refractivity contribution >= 4 is 33.3 Å². The molecule has 0 amide bonds. The second kappa shape index (κ2) is 5.70. The molecule has 18 heavy (non-hydrogen) atoms. The Kier molecular flexibility index (Phi) is 4.23. The van der Waals surface area contributed by atoms with Crippen LogP contribution in [0, 0.1) is 11.3 Å². The minimum atomic E-state index is -0.441. The summed E-state index contributed by atoms with van der Waals surface area (Å²) in [5.74, 6) is 0.894. The standard InChI is InChI=1S/C13H15N3S2/c1-13(9-14,15-2)7-8-17-12-16-10-5-3-4-6-11(10)18-12/h3-6,15H,7-8H2,1-2H3. The van der Waals surface area contributed by atoms with Crippen LogP contribution in [0.1, 0.15) is 13.3 Å². The lowest BCUT2D eigenvalue weighted by Crippen LogP contribution is -2.38. The quantitative estimate of drug-likeness (QED) is 0.852. The third kappa shape index (κ3) is 3.02. The molecule has 1 aromatic carbocycles. The average molecular weight is 277 g/mol. The molecule has 0 aliphatic rings. The van der Waals surface area contributed by atoms with Crippen molar-refractivity contribution in [3.05, 3.63) is 24.3 Å². The van der Waals surface area contributed by atoms with Gasteiger partial charge in [0.15, 0.2) is 4.34 Å². The van der Waals surface area contributed by atoms with Gasteiger partial charge in [0, 0.05) is 5.75 Å². The lowest BCUT2D eigenvalue weighted by Gasteiger charge is -2.19. The predicted octanol–water partition coefficient (Wildman–Crippen LogP) is 3.28. The maximum atomic E-state index is 9.06. The molecule has 1 N–H and O–H groups in total. The van der Waals surface area contributed by atoms with Crippen LogP contribution in [0.5, 0.6) is 0 Å². The molecule has 1 heterocycles. The van der Waals surface area contributed by atoms with Crippen LogP contribution >= 0.6 is 23.1 Å². The number of fused-ring (bicyclic) bond motifs is 1. The Hall–Kier alpha value is -1.09. The highest BCUT2D eigenvalue weighted by molar-refractivity contribution is 8.01. The number of hydrogen-bond acceptors (Lipinski definition) is 5. The van der Waals surface area contributed by atoms with Crippen LogP contribution < -0.4 is 5.32 Å². The van der Waals surface area contributed by atoms with Crippen LogP contribution in [0.3, 0.4) is 0 Å². The number of aromatic nitrogens is 1. The third-order valence-electron chi connectivity index (χ3n) is 2.90. The zero-order chi connectivity index (χ0) is 13.0. The summed E-state index contributed by atoms with van der Waals surface area (Å²) < 4.78 is 2.30. The van der Waals surface area contributed by atoms with Gasteiger partial charge in [-0.15, -0.1) is 11.3 Å². The SMILES string of the molecule is CNC(C)(C#N)CCSc1nc2ccccc2s1. The van der Waals surface area contributed by atoms with Gasteiger partial charge in [0.25, 0.3) is 0 Å². The fourth-order valence-electron chi connectivity index (χ4n) is 1.49. The van der Waals surface area contributed by atoms with E-state index in [4.69, 9.17) is 5.26 Å². The number of thiazole rings is 1. The number of hydrogen-bond donors (Lipinski definition) is 1. The number of benzene rings is 1. The number of nitriles is 1. The van der Waals surface area contributed by atoms with E-state index in [-0.39, 0.29) is 0 Å². The van der Waals surface area contributed by atoms with E-state index in [9.17, 15) is 0 Å². The van der Waals surface area contributed by atoms with Gasteiger partial charge in [-0.3, -0.25) is 0 Å². The van der Waals surface area contributed by atoms with Crippen molar-refractivity contribution in [2.75, 3.05) is 12.8 Å². The van der Waals surface area contributed by atoms with E-state index in [2.05, 4.69) is 22.4 Å². The molecule has 94 valence electrons. The first-order valence-electron chi connectivity index (χ1n) is 5.75. The summed E-state index contributed by atoms with van der Waals surface area (Å²) in [6.45, 7) is 1.92. The van der Waals surface area contributed by atoms with Crippen molar-refractivity contribution < 1.29 is 0 Å². The van der Waals surface area contributed by atoms with E-state index in [0.717, 1.165) is 22.0 Å². The molecule has 0 saturated heterocycles. The second-order valence-corrected chi connectivity index (χ2v) is 6.61. The first kappa shape index (κ1) is 13.3. The van der Waals surface area contributed by atoms with Crippen LogP contribution in [0.25, 0.3) is 10.2 Å². The van der Waals surface area contributed by atoms with Crippen LogP contribution in [0.2, 0.25) is 0 Å². The molecule has 1 aromatic heterocycles. The van der Waals surface area contributed by atoms with E-state index >= 15 is 0 Å². The van der Waals surface area contributed by atoms with Crippen molar-refractivity contribution in [3.63, 3.8) is 0 Å². The molecular formula is C13H15N3S2. The summed E-state index contributed by atoms with van der Waals surface area (Å²) >= 11 is 3.43. The highest BCUT2D eigenvalue weighted by Gasteiger charge is 2.20. The largest absolute Gasteiger partial charge is 0.303 e. The summed E-state index contributed by atoms with van der Waals surface area (Å²) in [6.07, 6.45) is 0.806. The van der Waals surface area contributed by atoms with Gasteiger partial charge in [-0.05, 0) is 32.5 Å². The van der Waals surface area contributed by atoms with Crippen molar-refractivity contribution in [3.8, 4) is 6.07 Å². The molecular weight excluding hydrogens is 262 g/mol. The van der Waals surface area contributed by atoms with Gasteiger partial charge in [-0.2, -0.15) is 5.26 Å². The number of rotatable bonds is 5. The minimum Gasteiger partial charge on any atom is -0.303 e. The monoisotopic (exact) mass is 277 g/mol. The number of thioether (sulfide) groups is 1. The minimum absolute atomic E-state index is 0.441. The second-order valence-electron chi connectivity index (χ2n) is 4.24. The Labute approximate surface area is 115 Å². The summed E-state index contributed by atoms with van der Waals surface area (Å²) in [6, 6.07) is 10.5. The van der Waals surface area contributed by atoms with E-state index < -0.39 is 5.54 Å². The number of nitrogens with zero attached hydrogens (tertiary/aromatic N) is 2. The zero-order valence-corrected chi connectivity index (χ0v) is 12.1. The molecule has 0 aliphatic carbocycles. The van der Waals surface area contributed by atoms with Crippen molar-refractivity contribution in [2.45, 2.75) is 23.2 Å². The highest BCUT2D eigenvalue weighted by atomic mass is 32.2. The van der Waals surface area contributed by atoms with Gasteiger partial charge < -0.3 is 5.32 Å². The van der Waals surface area contributed by atoms with Gasteiger partial charge in [-0.25, -0.2) is 4.98 Å². The summed E-state index contributed by atoms with van der Waals surface area (Å²) in [5, 5.41) is 12.1. The Morgan fingerprint density at radius 2 is 2.28 bits per heavy atom. The van der Waals surface area contributed by atoms with Crippen LogP contribution in [0.4, 0.5) is 0 Å². The third-order valence-corrected chi connectivity index (χ3v) is 5.08. The molecule has 0 spiro atoms. The molecule has 3 nitrogen and oxygen atoms in total. The van der Waals surface area contributed by atoms with E-state index in [1.807, 2.05) is 32.2 Å².